The molecule has 0 unspecified atom stereocenters. The molecule has 1 aromatic carbocycles. The number of hydrogen-bond acceptors (Lipinski definition) is 5. The molecule has 0 saturated heterocycles. The maximum absolute atomic E-state index is 12.6. The average molecular weight is 420 g/mol. The molecule has 4 N–H and O–H groups in total. The van der Waals surface area contributed by atoms with E-state index in [9.17, 15) is 14.4 Å². The Bertz CT molecular complexity index is 908. The van der Waals surface area contributed by atoms with Crippen LogP contribution in [0.15, 0.2) is 24.3 Å². The van der Waals surface area contributed by atoms with Crippen molar-refractivity contribution in [1.29, 1.82) is 0 Å². The van der Waals surface area contributed by atoms with Crippen LogP contribution in [0.2, 0.25) is 5.02 Å². The Labute approximate surface area is 172 Å². The van der Waals surface area contributed by atoms with Crippen LogP contribution in [0, 0.1) is 0 Å². The summed E-state index contributed by atoms with van der Waals surface area (Å²) in [5.41, 5.74) is 13.2. The molecule has 1 aromatic heterocycles. The van der Waals surface area contributed by atoms with Gasteiger partial charge in [-0.25, -0.2) is 0 Å². The van der Waals surface area contributed by atoms with Crippen molar-refractivity contribution in [3.8, 4) is 0 Å². The summed E-state index contributed by atoms with van der Waals surface area (Å²) in [6, 6.07) is 7.16. The maximum Gasteiger partial charge on any atom is 0.250 e. The molecule has 0 aliphatic carbocycles. The first kappa shape index (κ1) is 20.5. The van der Waals surface area contributed by atoms with Crippen molar-refractivity contribution in [3.63, 3.8) is 0 Å². The van der Waals surface area contributed by atoms with Gasteiger partial charge in [0.25, 0.3) is 0 Å². The van der Waals surface area contributed by atoms with Gasteiger partial charge < -0.3 is 11.5 Å². The van der Waals surface area contributed by atoms with Crippen molar-refractivity contribution in [1.82, 2.24) is 4.90 Å². The molecule has 148 valence electrons. The van der Waals surface area contributed by atoms with E-state index < -0.39 is 5.91 Å². The van der Waals surface area contributed by atoms with Crippen molar-refractivity contribution in [2.24, 2.45) is 11.5 Å². The zero-order valence-electron chi connectivity index (χ0n) is 15.4. The van der Waals surface area contributed by atoms with Crippen LogP contribution in [0.3, 0.4) is 0 Å². The molecule has 28 heavy (non-hydrogen) atoms. The summed E-state index contributed by atoms with van der Waals surface area (Å²) >= 11 is 7.35. The molecule has 0 spiro atoms. The number of carbonyl (C=O) groups excluding carboxylic acids is 3. The van der Waals surface area contributed by atoms with E-state index in [-0.39, 0.29) is 24.5 Å². The third-order valence-electron chi connectivity index (χ3n) is 4.80. The molecule has 0 atom stereocenters. The van der Waals surface area contributed by atoms with Gasteiger partial charge in [-0.3, -0.25) is 19.3 Å². The number of nitrogens with two attached hydrogens (primary N) is 2. The highest BCUT2D eigenvalue weighted by Gasteiger charge is 2.27. The van der Waals surface area contributed by atoms with E-state index in [4.69, 9.17) is 23.1 Å². The predicted molar refractivity (Wildman–Crippen MR) is 109 cm³/mol. The minimum atomic E-state index is -0.489. The fraction of sp³-hybridized carbons (Fsp3) is 0.350. The number of halogens is 1. The highest BCUT2D eigenvalue weighted by atomic mass is 35.5. The van der Waals surface area contributed by atoms with Crippen LogP contribution in [0.1, 0.15) is 37.7 Å². The highest BCUT2D eigenvalue weighted by Crippen LogP contribution is 2.33. The summed E-state index contributed by atoms with van der Waals surface area (Å²) in [5, 5.41) is 0.624. The number of fused-ring (bicyclic) bond motifs is 1. The van der Waals surface area contributed by atoms with Crippen LogP contribution in [0.25, 0.3) is 0 Å². The lowest BCUT2D eigenvalue weighted by Crippen LogP contribution is -2.33. The lowest BCUT2D eigenvalue weighted by Gasteiger charge is -2.26. The number of amides is 2. The number of Topliss-reactive ketones (excluding diaryl/α,β-unsaturated/α-hetero) is 1. The second-order valence-corrected chi connectivity index (χ2v) is 8.55. The first-order valence-corrected chi connectivity index (χ1v) is 10.2. The second-order valence-electron chi connectivity index (χ2n) is 6.93. The SMILES string of the molecule is NC(=O)CCN1CCc2c(sc(CC(=O)Cc3ccc(Cl)cc3)c2C(N)=O)C1. The van der Waals surface area contributed by atoms with Gasteiger partial charge in [-0.15, -0.1) is 11.3 Å². The number of ketones is 1. The molecule has 8 heteroatoms. The largest absolute Gasteiger partial charge is 0.370 e. The molecule has 2 aromatic rings. The molecule has 1 aliphatic rings. The zero-order chi connectivity index (χ0) is 20.3. The van der Waals surface area contributed by atoms with Crippen LogP contribution in [0.5, 0.6) is 0 Å². The van der Waals surface area contributed by atoms with Crippen LogP contribution >= 0.6 is 22.9 Å². The van der Waals surface area contributed by atoms with E-state index in [2.05, 4.69) is 4.90 Å². The Morgan fingerprint density at radius 2 is 1.82 bits per heavy atom. The molecule has 0 saturated carbocycles. The summed E-state index contributed by atoms with van der Waals surface area (Å²) in [6.45, 7) is 1.96. The minimum absolute atomic E-state index is 0.0222. The molecule has 6 nitrogen and oxygen atoms in total. The van der Waals surface area contributed by atoms with Crippen molar-refractivity contribution < 1.29 is 14.4 Å². The zero-order valence-corrected chi connectivity index (χ0v) is 16.9. The standard InChI is InChI=1S/C20H22ClN3O3S/c21-13-3-1-12(2-4-13)9-14(25)10-16-19(20(23)27)15-5-7-24(8-6-18(22)26)11-17(15)28-16/h1-4H,5-11H2,(H2,22,26)(H2,23,27). The molecule has 0 fully saturated rings. The second kappa shape index (κ2) is 8.86. The molecule has 2 heterocycles. The topological polar surface area (TPSA) is 106 Å². The van der Waals surface area contributed by atoms with Gasteiger partial charge >= 0.3 is 0 Å². The maximum atomic E-state index is 12.6. The van der Waals surface area contributed by atoms with Gasteiger partial charge in [-0.05, 0) is 29.7 Å². The monoisotopic (exact) mass is 419 g/mol. The number of rotatable bonds is 8. The first-order chi connectivity index (χ1) is 13.3. The molecule has 1 aliphatic heterocycles. The molecular weight excluding hydrogens is 398 g/mol. The number of carbonyl (C=O) groups is 3. The van der Waals surface area contributed by atoms with Crippen LogP contribution < -0.4 is 11.5 Å². The molecule has 3 rings (SSSR count). The van der Waals surface area contributed by atoms with Crippen molar-refractivity contribution in [2.75, 3.05) is 13.1 Å². The number of hydrogen-bond donors (Lipinski definition) is 2. The predicted octanol–water partition coefficient (Wildman–Crippen LogP) is 2.09. The Kier molecular flexibility index (Phi) is 6.49. The van der Waals surface area contributed by atoms with Gasteiger partial charge in [0.1, 0.15) is 5.78 Å². The summed E-state index contributed by atoms with van der Waals surface area (Å²) in [5.74, 6) is -0.797. The van der Waals surface area contributed by atoms with Gasteiger partial charge in [0.2, 0.25) is 11.8 Å². The Morgan fingerprint density at radius 3 is 2.46 bits per heavy atom. The van der Waals surface area contributed by atoms with Crippen molar-refractivity contribution in [3.05, 3.63) is 55.7 Å². The Hall–Kier alpha value is -2.22. The van der Waals surface area contributed by atoms with Crippen LogP contribution in [-0.4, -0.2) is 35.6 Å². The smallest absolute Gasteiger partial charge is 0.250 e. The quantitative estimate of drug-likeness (QED) is 0.683. The van der Waals surface area contributed by atoms with Gasteiger partial charge in [0.15, 0.2) is 0 Å². The number of nitrogens with zero attached hydrogens (tertiary/aromatic N) is 1. The Morgan fingerprint density at radius 1 is 1.11 bits per heavy atom. The molecule has 2 amide bonds. The lowest BCUT2D eigenvalue weighted by molar-refractivity contribution is -0.119. The van der Waals surface area contributed by atoms with Crippen molar-refractivity contribution in [2.45, 2.75) is 32.2 Å². The van der Waals surface area contributed by atoms with Gasteiger partial charge in [0, 0.05) is 53.7 Å². The van der Waals surface area contributed by atoms with Gasteiger partial charge in [-0.2, -0.15) is 0 Å². The number of thiophene rings is 1. The van der Waals surface area contributed by atoms with E-state index in [1.54, 1.807) is 12.1 Å². The van der Waals surface area contributed by atoms with Crippen LogP contribution in [-0.2, 0) is 35.4 Å². The highest BCUT2D eigenvalue weighted by molar-refractivity contribution is 7.12. The van der Waals surface area contributed by atoms with E-state index in [0.717, 1.165) is 27.4 Å². The van der Waals surface area contributed by atoms with Crippen LogP contribution in [0.4, 0.5) is 0 Å². The summed E-state index contributed by atoms with van der Waals surface area (Å²) in [4.78, 5) is 39.5. The molecule has 0 bridgehead atoms. The summed E-state index contributed by atoms with van der Waals surface area (Å²) < 4.78 is 0. The average Bonchev–Trinajstić information content (AvgIpc) is 2.98. The lowest BCUT2D eigenvalue weighted by atomic mass is 9.98. The van der Waals surface area contributed by atoms with Gasteiger partial charge in [0.05, 0.1) is 5.56 Å². The van der Waals surface area contributed by atoms with Gasteiger partial charge in [-0.1, -0.05) is 23.7 Å². The minimum Gasteiger partial charge on any atom is -0.370 e. The third-order valence-corrected chi connectivity index (χ3v) is 6.27. The fourth-order valence-corrected chi connectivity index (χ4v) is 5.01. The number of primary amides is 2. The summed E-state index contributed by atoms with van der Waals surface area (Å²) in [7, 11) is 0. The first-order valence-electron chi connectivity index (χ1n) is 9.03. The van der Waals surface area contributed by atoms with Crippen molar-refractivity contribution >= 4 is 40.5 Å². The van der Waals surface area contributed by atoms with E-state index >= 15 is 0 Å². The Balaban J connectivity index is 1.74. The fourth-order valence-electron chi connectivity index (χ4n) is 3.45. The number of benzene rings is 1. The normalized spacial score (nSPS) is 13.9. The molecular formula is C20H22ClN3O3S. The van der Waals surface area contributed by atoms with E-state index in [0.29, 0.717) is 36.5 Å². The third kappa shape index (κ3) is 4.98. The summed E-state index contributed by atoms with van der Waals surface area (Å²) in [6.07, 6.45) is 1.44. The molecule has 0 radical (unpaired) electrons. The van der Waals surface area contributed by atoms with E-state index in [1.165, 1.54) is 11.3 Å². The van der Waals surface area contributed by atoms with E-state index in [1.807, 2.05) is 12.1 Å².